The minimum absolute atomic E-state index is 0.0737. The molecule has 1 saturated heterocycles. The standard InChI is InChI=1S/C10H21BN2O4/c1-12-6-8-5-7(3-2-4-11(16)17)9(13-8)10(14)15/h7-9,12-13,16-17H,2-6H2,1H3,(H,14,15)/t7-,8+,9+/m1/s1. The van der Waals surface area contributed by atoms with Crippen LogP contribution >= 0.6 is 0 Å². The molecular formula is C10H21BN2O4. The summed E-state index contributed by atoms with van der Waals surface area (Å²) >= 11 is 0. The summed E-state index contributed by atoms with van der Waals surface area (Å²) in [4.78, 5) is 11.1. The number of hydrogen-bond donors (Lipinski definition) is 5. The molecule has 0 saturated carbocycles. The van der Waals surface area contributed by atoms with Crippen LogP contribution in [0.25, 0.3) is 0 Å². The first-order valence-electron chi connectivity index (χ1n) is 6.04. The minimum Gasteiger partial charge on any atom is -0.480 e. The Balaban J connectivity index is 2.41. The molecule has 7 heteroatoms. The van der Waals surface area contributed by atoms with Crippen molar-refractivity contribution in [3.8, 4) is 0 Å². The summed E-state index contributed by atoms with van der Waals surface area (Å²) < 4.78 is 0. The monoisotopic (exact) mass is 244 g/mol. The molecule has 0 aromatic carbocycles. The van der Waals surface area contributed by atoms with E-state index in [9.17, 15) is 4.79 Å². The highest BCUT2D eigenvalue weighted by Crippen LogP contribution is 2.26. The molecule has 0 aromatic heterocycles. The molecule has 1 heterocycles. The largest absolute Gasteiger partial charge is 0.480 e. The molecule has 1 fully saturated rings. The predicted molar refractivity (Wildman–Crippen MR) is 64.6 cm³/mol. The molecule has 0 aliphatic carbocycles. The second-order valence-corrected chi connectivity index (χ2v) is 4.64. The lowest BCUT2D eigenvalue weighted by Crippen LogP contribution is -2.41. The third-order valence-electron chi connectivity index (χ3n) is 3.23. The van der Waals surface area contributed by atoms with Gasteiger partial charge in [-0.1, -0.05) is 6.42 Å². The Morgan fingerprint density at radius 2 is 2.24 bits per heavy atom. The van der Waals surface area contributed by atoms with Crippen molar-refractivity contribution in [3.05, 3.63) is 0 Å². The molecule has 0 spiro atoms. The topological polar surface area (TPSA) is 102 Å². The normalized spacial score (nSPS) is 28.3. The van der Waals surface area contributed by atoms with E-state index in [0.29, 0.717) is 19.2 Å². The summed E-state index contributed by atoms with van der Waals surface area (Å²) in [6, 6.07) is -0.325. The van der Waals surface area contributed by atoms with E-state index < -0.39 is 19.1 Å². The number of nitrogens with one attached hydrogen (secondary N) is 2. The van der Waals surface area contributed by atoms with Crippen molar-refractivity contribution in [2.75, 3.05) is 13.6 Å². The van der Waals surface area contributed by atoms with E-state index in [2.05, 4.69) is 10.6 Å². The van der Waals surface area contributed by atoms with E-state index in [1.165, 1.54) is 0 Å². The molecule has 1 aliphatic rings. The van der Waals surface area contributed by atoms with Crippen molar-refractivity contribution in [2.45, 2.75) is 37.7 Å². The molecule has 0 unspecified atom stereocenters. The van der Waals surface area contributed by atoms with Gasteiger partial charge >= 0.3 is 13.1 Å². The summed E-state index contributed by atoms with van der Waals surface area (Å²) in [7, 11) is 0.549. The Labute approximate surface area is 102 Å². The third-order valence-corrected chi connectivity index (χ3v) is 3.23. The molecule has 1 aliphatic heterocycles. The van der Waals surface area contributed by atoms with Crippen LogP contribution < -0.4 is 10.6 Å². The smallest absolute Gasteiger partial charge is 0.451 e. The number of carboxylic acids is 1. The lowest BCUT2D eigenvalue weighted by molar-refractivity contribution is -0.140. The van der Waals surface area contributed by atoms with Gasteiger partial charge in [0.15, 0.2) is 0 Å². The summed E-state index contributed by atoms with van der Waals surface area (Å²) in [5, 5.41) is 32.7. The maximum Gasteiger partial charge on any atom is 0.451 e. The molecule has 6 nitrogen and oxygen atoms in total. The maximum atomic E-state index is 11.1. The third kappa shape index (κ3) is 4.63. The van der Waals surface area contributed by atoms with Crippen LogP contribution in [0.4, 0.5) is 0 Å². The van der Waals surface area contributed by atoms with Crippen molar-refractivity contribution in [2.24, 2.45) is 5.92 Å². The SMILES string of the molecule is CNC[C@@H]1C[C@@H](CCCB(O)O)[C@@H](C(=O)O)N1. The molecule has 98 valence electrons. The first-order valence-corrected chi connectivity index (χ1v) is 6.04. The van der Waals surface area contributed by atoms with Gasteiger partial charge in [-0.15, -0.1) is 0 Å². The van der Waals surface area contributed by atoms with E-state index in [4.69, 9.17) is 15.2 Å². The molecule has 5 N–H and O–H groups in total. The molecule has 0 radical (unpaired) electrons. The van der Waals surface area contributed by atoms with Crippen LogP contribution in [0.1, 0.15) is 19.3 Å². The molecule has 0 aromatic rings. The Hall–Kier alpha value is -0.625. The lowest BCUT2D eigenvalue weighted by atomic mass is 9.81. The zero-order valence-corrected chi connectivity index (χ0v) is 10.1. The summed E-state index contributed by atoms with van der Waals surface area (Å²) in [6.45, 7) is 0.753. The maximum absolute atomic E-state index is 11.1. The number of likely N-dealkylation sites (N-methyl/N-ethyl adjacent to an activating group) is 1. The molecular weight excluding hydrogens is 223 g/mol. The fraction of sp³-hybridized carbons (Fsp3) is 0.900. The van der Waals surface area contributed by atoms with Crippen molar-refractivity contribution in [1.82, 2.24) is 10.6 Å². The van der Waals surface area contributed by atoms with E-state index in [1.807, 2.05) is 7.05 Å². The van der Waals surface area contributed by atoms with Gasteiger partial charge < -0.3 is 25.8 Å². The summed E-state index contributed by atoms with van der Waals surface area (Å²) in [6.07, 6.45) is 2.47. The van der Waals surface area contributed by atoms with Crippen LogP contribution in [0.5, 0.6) is 0 Å². The summed E-state index contributed by atoms with van der Waals surface area (Å²) in [5.74, 6) is -0.747. The number of hydrogen-bond acceptors (Lipinski definition) is 5. The van der Waals surface area contributed by atoms with Crippen LogP contribution in [-0.4, -0.2) is 53.9 Å². The van der Waals surface area contributed by atoms with Crippen molar-refractivity contribution in [1.29, 1.82) is 0 Å². The van der Waals surface area contributed by atoms with Crippen LogP contribution in [0.3, 0.4) is 0 Å². The highest BCUT2D eigenvalue weighted by molar-refractivity contribution is 6.40. The number of carboxylic acid groups (broad SMARTS) is 1. The Kier molecular flexibility index (Phi) is 5.90. The highest BCUT2D eigenvalue weighted by Gasteiger charge is 2.37. The zero-order valence-electron chi connectivity index (χ0n) is 10.1. The zero-order chi connectivity index (χ0) is 12.8. The number of carbonyl (C=O) groups is 1. The first kappa shape index (κ1) is 14.4. The molecule has 3 atom stereocenters. The van der Waals surface area contributed by atoms with Crippen molar-refractivity contribution < 1.29 is 19.9 Å². The van der Waals surface area contributed by atoms with Gasteiger partial charge in [0.1, 0.15) is 6.04 Å². The number of rotatable bonds is 7. The average molecular weight is 244 g/mol. The minimum atomic E-state index is -1.29. The predicted octanol–water partition coefficient (Wildman–Crippen LogP) is -1.11. The fourth-order valence-corrected chi connectivity index (χ4v) is 2.47. The first-order chi connectivity index (χ1) is 8.04. The summed E-state index contributed by atoms with van der Waals surface area (Å²) in [5.41, 5.74) is 0. The van der Waals surface area contributed by atoms with Gasteiger partial charge in [0.2, 0.25) is 0 Å². The average Bonchev–Trinajstić information content (AvgIpc) is 2.61. The van der Waals surface area contributed by atoms with E-state index in [0.717, 1.165) is 13.0 Å². The quantitative estimate of drug-likeness (QED) is 0.364. The second kappa shape index (κ2) is 6.95. The molecule has 0 amide bonds. The Bertz CT molecular complexity index is 252. The van der Waals surface area contributed by atoms with Crippen LogP contribution in [0, 0.1) is 5.92 Å². The van der Waals surface area contributed by atoms with E-state index in [1.54, 1.807) is 0 Å². The van der Waals surface area contributed by atoms with Gasteiger partial charge in [0, 0.05) is 12.6 Å². The van der Waals surface area contributed by atoms with Crippen LogP contribution in [-0.2, 0) is 4.79 Å². The van der Waals surface area contributed by atoms with Gasteiger partial charge in [-0.25, -0.2) is 0 Å². The van der Waals surface area contributed by atoms with Gasteiger partial charge in [0.25, 0.3) is 0 Å². The Morgan fingerprint density at radius 1 is 1.53 bits per heavy atom. The van der Waals surface area contributed by atoms with Crippen LogP contribution in [0.15, 0.2) is 0 Å². The van der Waals surface area contributed by atoms with Crippen LogP contribution in [0.2, 0.25) is 6.32 Å². The van der Waals surface area contributed by atoms with Crippen molar-refractivity contribution in [3.63, 3.8) is 0 Å². The fourth-order valence-electron chi connectivity index (χ4n) is 2.47. The van der Waals surface area contributed by atoms with E-state index >= 15 is 0 Å². The lowest BCUT2D eigenvalue weighted by Gasteiger charge is -2.14. The Morgan fingerprint density at radius 3 is 2.76 bits per heavy atom. The van der Waals surface area contributed by atoms with Gasteiger partial charge in [-0.05, 0) is 32.1 Å². The van der Waals surface area contributed by atoms with Crippen molar-refractivity contribution >= 4 is 13.1 Å². The van der Waals surface area contributed by atoms with Gasteiger partial charge in [-0.2, -0.15) is 0 Å². The second-order valence-electron chi connectivity index (χ2n) is 4.64. The number of aliphatic carboxylic acids is 1. The van der Waals surface area contributed by atoms with E-state index in [-0.39, 0.29) is 12.0 Å². The molecule has 0 bridgehead atoms. The van der Waals surface area contributed by atoms with Gasteiger partial charge in [-0.3, -0.25) is 4.79 Å². The highest BCUT2D eigenvalue weighted by atomic mass is 16.4. The molecule has 17 heavy (non-hydrogen) atoms. The van der Waals surface area contributed by atoms with Gasteiger partial charge in [0.05, 0.1) is 0 Å². The molecule has 1 rings (SSSR count).